The van der Waals surface area contributed by atoms with Gasteiger partial charge in [0.15, 0.2) is 12.2 Å². The summed E-state index contributed by atoms with van der Waals surface area (Å²) in [5.74, 6) is 2.53. The number of halogens is 2. The van der Waals surface area contributed by atoms with E-state index in [-0.39, 0.29) is 63.5 Å². The van der Waals surface area contributed by atoms with Crippen LogP contribution in [0, 0.1) is 34.5 Å². The second-order valence-electron chi connectivity index (χ2n) is 17.0. The number of carbonyl (C=O) groups is 2. The van der Waals surface area contributed by atoms with Crippen molar-refractivity contribution < 1.29 is 62.0 Å². The minimum Gasteiger partial charge on any atom is -1.00 e. The lowest BCUT2D eigenvalue weighted by Crippen LogP contribution is -3.00. The van der Waals surface area contributed by atoms with Gasteiger partial charge in [0.25, 0.3) is 0 Å². The fraction of sp³-hybridized carbons (Fsp3) is 0.944. The van der Waals surface area contributed by atoms with Gasteiger partial charge in [-0.05, 0) is 106 Å². The number of rotatable bonds is 4. The summed E-state index contributed by atoms with van der Waals surface area (Å²) in [6, 6.07) is 0.849. The minimum absolute atomic E-state index is 0. The van der Waals surface area contributed by atoms with Gasteiger partial charge in [0.1, 0.15) is 12.1 Å². The van der Waals surface area contributed by atoms with Crippen LogP contribution in [-0.2, 0) is 19.1 Å². The number of likely N-dealkylation sites (tertiary alicyclic amines) is 2. The predicted molar refractivity (Wildman–Crippen MR) is 165 cm³/mol. The fourth-order valence-electron chi connectivity index (χ4n) is 12.6. The van der Waals surface area contributed by atoms with Gasteiger partial charge < -0.3 is 52.4 Å². The molecule has 6 fully saturated rings. The lowest BCUT2D eigenvalue weighted by molar-refractivity contribution is -0.943. The zero-order valence-electron chi connectivity index (χ0n) is 28.6. The first-order chi connectivity index (χ1) is 19.9. The first kappa shape index (κ1) is 36.7. The van der Waals surface area contributed by atoms with Crippen molar-refractivity contribution in [3.05, 3.63) is 0 Å². The molecule has 0 N–H and O–H groups in total. The molecule has 6 rings (SSSR count). The molecule has 8 heteroatoms. The Balaban J connectivity index is 0.00000221. The number of hydrogen-bond donors (Lipinski definition) is 0. The summed E-state index contributed by atoms with van der Waals surface area (Å²) in [5, 5.41) is 0. The molecule has 4 aliphatic carbocycles. The molecular weight excluding hydrogens is 684 g/mol. The highest BCUT2D eigenvalue weighted by atomic mass is 79.9. The summed E-state index contributed by atoms with van der Waals surface area (Å²) in [7, 11) is 4.94. The van der Waals surface area contributed by atoms with E-state index in [2.05, 4.69) is 27.9 Å². The van der Waals surface area contributed by atoms with Gasteiger partial charge >= 0.3 is 11.9 Å². The van der Waals surface area contributed by atoms with Gasteiger partial charge in [0.05, 0.1) is 40.3 Å². The monoisotopic (exact) mass is 744 g/mol. The molecule has 10 atom stereocenters. The predicted octanol–water partition coefficient (Wildman–Crippen LogP) is 0.509. The van der Waals surface area contributed by atoms with E-state index in [9.17, 15) is 9.59 Å². The fourth-order valence-corrected chi connectivity index (χ4v) is 12.6. The molecule has 2 heterocycles. The van der Waals surface area contributed by atoms with Crippen molar-refractivity contribution in [1.82, 2.24) is 0 Å². The molecule has 44 heavy (non-hydrogen) atoms. The molecule has 0 aromatic rings. The third-order valence-corrected chi connectivity index (χ3v) is 14.8. The smallest absolute Gasteiger partial charge is 0.303 e. The van der Waals surface area contributed by atoms with Crippen LogP contribution in [0.15, 0.2) is 0 Å². The molecule has 0 spiro atoms. The molecule has 0 amide bonds. The van der Waals surface area contributed by atoms with E-state index in [0.29, 0.717) is 35.3 Å². The Morgan fingerprint density at radius 1 is 0.659 bits per heavy atom. The number of nitrogens with zero attached hydrogens (tertiary/aromatic N) is 2. The quantitative estimate of drug-likeness (QED) is 0.311. The summed E-state index contributed by atoms with van der Waals surface area (Å²) in [6.45, 7) is 13.3. The summed E-state index contributed by atoms with van der Waals surface area (Å²) in [6.07, 6.45) is 17.7. The number of ether oxygens (including phenoxy) is 2. The molecule has 4 saturated carbocycles. The van der Waals surface area contributed by atoms with Crippen LogP contribution in [0.1, 0.15) is 118 Å². The van der Waals surface area contributed by atoms with Crippen molar-refractivity contribution in [2.75, 3.05) is 40.3 Å². The largest absolute Gasteiger partial charge is 1.00 e. The Morgan fingerprint density at radius 2 is 1.20 bits per heavy atom. The van der Waals surface area contributed by atoms with E-state index < -0.39 is 0 Å². The van der Waals surface area contributed by atoms with E-state index in [4.69, 9.17) is 9.47 Å². The van der Waals surface area contributed by atoms with Gasteiger partial charge in [0.2, 0.25) is 0 Å². The van der Waals surface area contributed by atoms with Crippen LogP contribution in [0.25, 0.3) is 0 Å². The van der Waals surface area contributed by atoms with Gasteiger partial charge in [0, 0.05) is 32.1 Å². The van der Waals surface area contributed by atoms with Gasteiger partial charge in [-0.15, -0.1) is 0 Å². The first-order valence-corrected chi connectivity index (χ1v) is 17.9. The second-order valence-corrected chi connectivity index (χ2v) is 17.0. The topological polar surface area (TPSA) is 52.6 Å². The van der Waals surface area contributed by atoms with Gasteiger partial charge in [-0.25, -0.2) is 0 Å². The minimum atomic E-state index is -0.0994. The van der Waals surface area contributed by atoms with Crippen LogP contribution >= 0.6 is 0 Å². The number of esters is 2. The maximum atomic E-state index is 12.6. The Morgan fingerprint density at radius 3 is 1.77 bits per heavy atom. The van der Waals surface area contributed by atoms with Crippen LogP contribution < -0.4 is 34.0 Å². The Labute approximate surface area is 289 Å². The Hall–Kier alpha value is -0.180. The number of carbonyl (C=O) groups excluding carboxylic acids is 2. The molecule has 0 aromatic carbocycles. The SMILES string of the molecule is CC(=O)OC1CC2CCC3C(CCC4(C)C3CCC([N+]3(C)CCCCC3)C4OC(C)=O)C2(C)CC1[N+]1(C)CCCCC1.[Br-].[Br-]. The lowest BCUT2D eigenvalue weighted by Gasteiger charge is -2.66. The second kappa shape index (κ2) is 13.7. The maximum Gasteiger partial charge on any atom is 0.303 e. The standard InChI is InChI=1S/C36H62N2O4.2BrH/c1-25(39)41-33-23-27-13-14-28-29-15-16-31(37(5)19-9-7-10-20-37)34(42-26(2)40)35(29,3)18-17-30(28)36(27,4)24-32(33)38(6)21-11-8-12-22-38;;/h27-34H,7-24H2,1-6H3;2*1H/q+2;;/p-2. The first-order valence-electron chi connectivity index (χ1n) is 17.9. The molecule has 10 unspecified atom stereocenters. The lowest BCUT2D eigenvalue weighted by atomic mass is 9.42. The summed E-state index contributed by atoms with van der Waals surface area (Å²) in [5.41, 5.74) is 0.362. The molecule has 0 aromatic heterocycles. The Kier molecular flexibility index (Phi) is 11.4. The van der Waals surface area contributed by atoms with E-state index >= 15 is 0 Å². The van der Waals surface area contributed by atoms with E-state index in [0.717, 1.165) is 21.3 Å². The van der Waals surface area contributed by atoms with Crippen molar-refractivity contribution in [3.63, 3.8) is 0 Å². The molecule has 0 radical (unpaired) electrons. The van der Waals surface area contributed by atoms with Crippen LogP contribution in [0.2, 0.25) is 0 Å². The van der Waals surface area contributed by atoms with Crippen molar-refractivity contribution in [3.8, 4) is 0 Å². The average molecular weight is 747 g/mol. The third-order valence-electron chi connectivity index (χ3n) is 14.8. The van der Waals surface area contributed by atoms with Gasteiger partial charge in [-0.3, -0.25) is 9.59 Å². The maximum absolute atomic E-state index is 12.6. The van der Waals surface area contributed by atoms with Gasteiger partial charge in [-0.2, -0.15) is 0 Å². The number of quaternary nitrogens is 2. The summed E-state index contributed by atoms with van der Waals surface area (Å²) < 4.78 is 14.8. The summed E-state index contributed by atoms with van der Waals surface area (Å²) >= 11 is 0. The highest BCUT2D eigenvalue weighted by Gasteiger charge is 2.65. The number of piperidine rings is 2. The van der Waals surface area contributed by atoms with E-state index in [1.54, 1.807) is 13.8 Å². The average Bonchev–Trinajstić information content (AvgIpc) is 2.93. The third kappa shape index (κ3) is 6.34. The number of fused-ring (bicyclic) bond motifs is 5. The normalized spacial score (nSPS) is 44.2. The molecule has 6 aliphatic rings. The number of likely N-dealkylation sites (N-methyl/N-ethyl adjacent to an activating group) is 2. The van der Waals surface area contributed by atoms with Crippen LogP contribution in [-0.4, -0.2) is 85.5 Å². The molecular formula is C36H62Br2N2O4. The van der Waals surface area contributed by atoms with Crippen LogP contribution in [0.4, 0.5) is 0 Å². The molecule has 0 bridgehead atoms. The van der Waals surface area contributed by atoms with Crippen LogP contribution in [0.3, 0.4) is 0 Å². The number of hydrogen-bond acceptors (Lipinski definition) is 4. The van der Waals surface area contributed by atoms with E-state index in [1.165, 1.54) is 110 Å². The van der Waals surface area contributed by atoms with Crippen molar-refractivity contribution >= 4 is 11.9 Å². The molecule has 254 valence electrons. The highest BCUT2D eigenvalue weighted by Crippen LogP contribution is 2.67. The zero-order valence-corrected chi connectivity index (χ0v) is 31.8. The van der Waals surface area contributed by atoms with Crippen LogP contribution in [0.5, 0.6) is 0 Å². The molecule has 6 nitrogen and oxygen atoms in total. The van der Waals surface area contributed by atoms with Crippen molar-refractivity contribution in [1.29, 1.82) is 0 Å². The van der Waals surface area contributed by atoms with Crippen molar-refractivity contribution in [2.24, 2.45) is 34.5 Å². The highest BCUT2D eigenvalue weighted by molar-refractivity contribution is 5.66. The van der Waals surface area contributed by atoms with Crippen molar-refractivity contribution in [2.45, 2.75) is 142 Å². The zero-order chi connectivity index (χ0) is 29.9. The van der Waals surface area contributed by atoms with Gasteiger partial charge in [-0.1, -0.05) is 13.8 Å². The Bertz CT molecular complexity index is 1030. The molecule has 2 saturated heterocycles. The summed E-state index contributed by atoms with van der Waals surface area (Å²) in [4.78, 5) is 24.9. The molecule has 2 aliphatic heterocycles. The van der Waals surface area contributed by atoms with E-state index in [1.807, 2.05) is 0 Å².